The molecule has 1 fully saturated rings. The van der Waals surface area contributed by atoms with E-state index in [4.69, 9.17) is 5.73 Å². The van der Waals surface area contributed by atoms with Crippen LogP contribution in [0.5, 0.6) is 0 Å². The number of hydrogen-bond donors (Lipinski definition) is 1. The average Bonchev–Trinajstić information content (AvgIpc) is 2.45. The number of anilines is 1. The van der Waals surface area contributed by atoms with E-state index in [1.54, 1.807) is 4.90 Å². The number of para-hydroxylation sites is 1. The summed E-state index contributed by atoms with van der Waals surface area (Å²) < 4.78 is 38.5. The van der Waals surface area contributed by atoms with Crippen molar-refractivity contribution in [2.45, 2.75) is 13.1 Å². The first-order chi connectivity index (χ1) is 9.84. The fourth-order valence-electron chi connectivity index (χ4n) is 2.44. The number of carbonyl (C=O) groups is 1. The summed E-state index contributed by atoms with van der Waals surface area (Å²) in [4.78, 5) is 16.1. The summed E-state index contributed by atoms with van der Waals surface area (Å²) in [6.07, 6.45) is -4.55. The van der Waals surface area contributed by atoms with Crippen LogP contribution < -0.4 is 5.73 Å². The van der Waals surface area contributed by atoms with Crippen molar-refractivity contribution < 1.29 is 18.0 Å². The fraction of sp³-hybridized carbons (Fsp3) is 0.500. The van der Waals surface area contributed by atoms with Gasteiger partial charge in [-0.2, -0.15) is 13.2 Å². The Balaban J connectivity index is 2.21. The highest BCUT2D eigenvalue weighted by Gasteiger charge is 2.35. The molecule has 0 bridgehead atoms. The van der Waals surface area contributed by atoms with E-state index in [2.05, 4.69) is 4.90 Å². The van der Waals surface area contributed by atoms with E-state index in [-0.39, 0.29) is 5.56 Å². The highest BCUT2D eigenvalue weighted by Crippen LogP contribution is 2.35. The lowest BCUT2D eigenvalue weighted by Crippen LogP contribution is -2.48. The third-order valence-corrected chi connectivity index (χ3v) is 3.75. The number of nitrogens with zero attached hydrogens (tertiary/aromatic N) is 2. The minimum Gasteiger partial charge on any atom is -0.398 e. The molecule has 1 amide bonds. The van der Waals surface area contributed by atoms with Gasteiger partial charge in [0.05, 0.1) is 16.8 Å². The number of amides is 1. The third-order valence-electron chi connectivity index (χ3n) is 3.75. The van der Waals surface area contributed by atoms with Crippen molar-refractivity contribution in [3.63, 3.8) is 0 Å². The van der Waals surface area contributed by atoms with Gasteiger partial charge in [-0.15, -0.1) is 0 Å². The highest BCUT2D eigenvalue weighted by atomic mass is 19.4. The molecule has 4 nitrogen and oxygen atoms in total. The first-order valence-electron chi connectivity index (χ1n) is 6.82. The van der Waals surface area contributed by atoms with Gasteiger partial charge in [0.25, 0.3) is 5.91 Å². The van der Waals surface area contributed by atoms with Crippen LogP contribution in [0.1, 0.15) is 22.8 Å². The summed E-state index contributed by atoms with van der Waals surface area (Å²) >= 11 is 0. The molecule has 0 spiro atoms. The van der Waals surface area contributed by atoms with Crippen LogP contribution in [-0.2, 0) is 6.18 Å². The summed E-state index contributed by atoms with van der Waals surface area (Å²) in [6.45, 7) is 5.38. The Morgan fingerprint density at radius 1 is 1.24 bits per heavy atom. The number of hydrogen-bond acceptors (Lipinski definition) is 3. The maximum Gasteiger partial charge on any atom is 0.418 e. The number of carbonyl (C=O) groups excluding carboxylic acids is 1. The van der Waals surface area contributed by atoms with Crippen molar-refractivity contribution >= 4 is 11.6 Å². The van der Waals surface area contributed by atoms with Crippen LogP contribution in [0.2, 0.25) is 0 Å². The Morgan fingerprint density at radius 3 is 2.38 bits per heavy atom. The molecule has 1 aromatic carbocycles. The monoisotopic (exact) mass is 301 g/mol. The molecule has 0 aliphatic carbocycles. The molecular formula is C14H18F3N3O. The molecule has 116 valence electrons. The van der Waals surface area contributed by atoms with Gasteiger partial charge in [-0.1, -0.05) is 13.0 Å². The molecule has 0 saturated carbocycles. The van der Waals surface area contributed by atoms with Gasteiger partial charge in [-0.3, -0.25) is 4.79 Å². The number of benzene rings is 1. The predicted octanol–water partition coefficient (Wildman–Crippen LogP) is 2.07. The number of piperazine rings is 1. The van der Waals surface area contributed by atoms with E-state index in [0.29, 0.717) is 13.1 Å². The van der Waals surface area contributed by atoms with Crippen molar-refractivity contribution in [2.24, 2.45) is 0 Å². The van der Waals surface area contributed by atoms with Crippen LogP contribution in [-0.4, -0.2) is 48.4 Å². The van der Waals surface area contributed by atoms with E-state index in [1.165, 1.54) is 12.1 Å². The van der Waals surface area contributed by atoms with E-state index < -0.39 is 23.3 Å². The Hall–Kier alpha value is -1.76. The topological polar surface area (TPSA) is 49.6 Å². The fourth-order valence-corrected chi connectivity index (χ4v) is 2.44. The van der Waals surface area contributed by atoms with E-state index in [0.717, 1.165) is 25.7 Å². The van der Waals surface area contributed by atoms with E-state index in [9.17, 15) is 18.0 Å². The van der Waals surface area contributed by atoms with Crippen molar-refractivity contribution in [3.05, 3.63) is 29.3 Å². The number of nitrogen functional groups attached to an aromatic ring is 1. The molecule has 0 aromatic heterocycles. The summed E-state index contributed by atoms with van der Waals surface area (Å²) in [5, 5.41) is 0. The zero-order chi connectivity index (χ0) is 15.6. The van der Waals surface area contributed by atoms with Crippen LogP contribution in [0.25, 0.3) is 0 Å². The Labute approximate surface area is 121 Å². The SMILES string of the molecule is CCN1CCN(C(=O)c2cccc(C(F)(F)F)c2N)CC1. The first-order valence-corrected chi connectivity index (χ1v) is 6.82. The Kier molecular flexibility index (Phi) is 4.41. The molecule has 1 heterocycles. The molecule has 1 aliphatic rings. The van der Waals surface area contributed by atoms with Crippen LogP contribution >= 0.6 is 0 Å². The van der Waals surface area contributed by atoms with E-state index >= 15 is 0 Å². The standard InChI is InChI=1S/C14H18F3N3O/c1-2-19-6-8-20(9-7-19)13(21)10-4-3-5-11(12(10)18)14(15,16)17/h3-5H,2,6-9,18H2,1H3. The van der Waals surface area contributed by atoms with Crippen LogP contribution in [0.15, 0.2) is 18.2 Å². The zero-order valence-corrected chi connectivity index (χ0v) is 11.8. The number of rotatable bonds is 2. The largest absolute Gasteiger partial charge is 0.418 e. The van der Waals surface area contributed by atoms with Crippen molar-refractivity contribution in [1.82, 2.24) is 9.80 Å². The molecule has 1 saturated heterocycles. The number of likely N-dealkylation sites (N-methyl/N-ethyl adjacent to an activating group) is 1. The van der Waals surface area contributed by atoms with Gasteiger partial charge in [-0.05, 0) is 18.7 Å². The molecule has 21 heavy (non-hydrogen) atoms. The normalized spacial score (nSPS) is 17.0. The van der Waals surface area contributed by atoms with Crippen molar-refractivity contribution in [3.8, 4) is 0 Å². The lowest BCUT2D eigenvalue weighted by Gasteiger charge is -2.34. The summed E-state index contributed by atoms with van der Waals surface area (Å²) in [6, 6.07) is 3.45. The maximum absolute atomic E-state index is 12.8. The zero-order valence-electron chi connectivity index (χ0n) is 11.8. The summed E-state index contributed by atoms with van der Waals surface area (Å²) in [5.41, 5.74) is 4.03. The Bertz CT molecular complexity index is 523. The Morgan fingerprint density at radius 2 is 1.86 bits per heavy atom. The molecule has 2 rings (SSSR count). The predicted molar refractivity (Wildman–Crippen MR) is 73.9 cm³/mol. The average molecular weight is 301 g/mol. The van der Waals surface area contributed by atoms with Gasteiger partial charge >= 0.3 is 6.18 Å². The molecule has 1 aliphatic heterocycles. The molecule has 0 radical (unpaired) electrons. The van der Waals surface area contributed by atoms with Crippen molar-refractivity contribution in [2.75, 3.05) is 38.5 Å². The number of nitrogens with two attached hydrogens (primary N) is 1. The van der Waals surface area contributed by atoms with Crippen molar-refractivity contribution in [1.29, 1.82) is 0 Å². The van der Waals surface area contributed by atoms with Gasteiger partial charge in [0, 0.05) is 26.2 Å². The number of halogens is 3. The molecule has 2 N–H and O–H groups in total. The molecule has 0 atom stereocenters. The van der Waals surface area contributed by atoms with E-state index in [1.807, 2.05) is 6.92 Å². The third kappa shape index (κ3) is 3.29. The second-order valence-corrected chi connectivity index (χ2v) is 4.99. The second-order valence-electron chi connectivity index (χ2n) is 4.99. The highest BCUT2D eigenvalue weighted by molar-refractivity contribution is 5.99. The van der Waals surface area contributed by atoms with Gasteiger partial charge in [0.15, 0.2) is 0 Å². The lowest BCUT2D eigenvalue weighted by atomic mass is 10.1. The minimum atomic E-state index is -4.55. The number of alkyl halides is 3. The van der Waals surface area contributed by atoms with Gasteiger partial charge in [0.1, 0.15) is 0 Å². The smallest absolute Gasteiger partial charge is 0.398 e. The molecule has 7 heteroatoms. The maximum atomic E-state index is 12.8. The molecule has 0 unspecified atom stereocenters. The summed E-state index contributed by atoms with van der Waals surface area (Å²) in [7, 11) is 0. The first kappa shape index (κ1) is 15.6. The van der Waals surface area contributed by atoms with Crippen LogP contribution in [0, 0.1) is 0 Å². The minimum absolute atomic E-state index is 0.0743. The lowest BCUT2D eigenvalue weighted by molar-refractivity contribution is -0.136. The van der Waals surface area contributed by atoms with Gasteiger partial charge in [0.2, 0.25) is 0 Å². The quantitative estimate of drug-likeness (QED) is 0.851. The van der Waals surface area contributed by atoms with Crippen LogP contribution in [0.4, 0.5) is 18.9 Å². The van der Waals surface area contributed by atoms with Crippen LogP contribution in [0.3, 0.4) is 0 Å². The summed E-state index contributed by atoms with van der Waals surface area (Å²) in [5.74, 6) is -0.436. The molecule has 1 aromatic rings. The molecular weight excluding hydrogens is 283 g/mol. The van der Waals surface area contributed by atoms with Gasteiger partial charge < -0.3 is 15.5 Å². The van der Waals surface area contributed by atoms with Gasteiger partial charge in [-0.25, -0.2) is 0 Å². The second kappa shape index (κ2) is 5.93.